The van der Waals surface area contributed by atoms with Gasteiger partial charge in [-0.3, -0.25) is 0 Å². The maximum Gasteiger partial charge on any atom is 0.0741 e. The second-order valence-corrected chi connectivity index (χ2v) is 4.65. The second-order valence-electron chi connectivity index (χ2n) is 4.09. The molecule has 0 aliphatic heterocycles. The van der Waals surface area contributed by atoms with Gasteiger partial charge in [0.2, 0.25) is 0 Å². The minimum Gasteiger partial charge on any atom is -0.391 e. The number of hydrogen-bond acceptors (Lipinski definition) is 1. The van der Waals surface area contributed by atoms with E-state index in [1.165, 1.54) is 19.3 Å². The predicted molar refractivity (Wildman–Crippen MR) is 76.1 cm³/mol. The highest BCUT2D eigenvalue weighted by atomic mass is 35.5. The molecule has 0 unspecified atom stereocenters. The largest absolute Gasteiger partial charge is 0.391 e. The van der Waals surface area contributed by atoms with Crippen molar-refractivity contribution in [3.8, 4) is 12.3 Å². The van der Waals surface area contributed by atoms with Crippen molar-refractivity contribution < 1.29 is 5.11 Å². The molecule has 0 saturated carbocycles. The van der Waals surface area contributed by atoms with Crippen LogP contribution in [0.5, 0.6) is 0 Å². The monoisotopic (exact) mass is 254 g/mol. The van der Waals surface area contributed by atoms with Crippen molar-refractivity contribution in [2.45, 2.75) is 56.9 Å². The Morgan fingerprint density at radius 1 is 1.24 bits per heavy atom. The Labute approximate surface area is 111 Å². The number of allylic oxidation sites excluding steroid dienone is 3. The highest BCUT2D eigenvalue weighted by Gasteiger charge is 2.12. The molecule has 0 aromatic rings. The topological polar surface area (TPSA) is 20.2 Å². The van der Waals surface area contributed by atoms with Gasteiger partial charge in [0.05, 0.1) is 11.5 Å². The number of rotatable bonds is 9. The first-order chi connectivity index (χ1) is 8.22. The summed E-state index contributed by atoms with van der Waals surface area (Å²) in [5, 5.41) is 9.46. The van der Waals surface area contributed by atoms with E-state index in [1.54, 1.807) is 12.2 Å². The van der Waals surface area contributed by atoms with Gasteiger partial charge in [-0.2, -0.15) is 0 Å². The first-order valence-electron chi connectivity index (χ1n) is 6.30. The van der Waals surface area contributed by atoms with Crippen LogP contribution in [0.25, 0.3) is 0 Å². The third-order valence-corrected chi connectivity index (χ3v) is 2.98. The molecule has 0 aromatic carbocycles. The van der Waals surface area contributed by atoms with Crippen LogP contribution >= 0.6 is 11.6 Å². The SMILES string of the molecule is C#C/C=C/C[C@H](O)[C@@H](Cl)C/C=C\CCCCC. The molecule has 0 fully saturated rings. The lowest BCUT2D eigenvalue weighted by atomic mass is 10.1. The van der Waals surface area contributed by atoms with E-state index in [4.69, 9.17) is 18.0 Å². The van der Waals surface area contributed by atoms with Crippen LogP contribution in [-0.4, -0.2) is 16.6 Å². The van der Waals surface area contributed by atoms with Gasteiger partial charge < -0.3 is 5.11 Å². The third kappa shape index (κ3) is 10.2. The minimum absolute atomic E-state index is 0.236. The molecule has 2 atom stereocenters. The molecule has 0 aliphatic carbocycles. The summed E-state index contributed by atoms with van der Waals surface area (Å²) in [6.45, 7) is 2.19. The number of aliphatic hydroxyl groups excluding tert-OH is 1. The van der Waals surface area contributed by atoms with E-state index >= 15 is 0 Å². The maximum absolute atomic E-state index is 9.70. The molecule has 0 heterocycles. The number of unbranched alkanes of at least 4 members (excludes halogenated alkanes) is 3. The molecule has 1 nitrogen and oxygen atoms in total. The van der Waals surface area contributed by atoms with Gasteiger partial charge in [-0.05, 0) is 31.8 Å². The molecule has 0 saturated heterocycles. The van der Waals surface area contributed by atoms with Crippen molar-refractivity contribution in [1.82, 2.24) is 0 Å². The lowest BCUT2D eigenvalue weighted by Gasteiger charge is -2.12. The third-order valence-electron chi connectivity index (χ3n) is 2.51. The summed E-state index contributed by atoms with van der Waals surface area (Å²) < 4.78 is 0. The Kier molecular flexibility index (Phi) is 11.3. The summed E-state index contributed by atoms with van der Waals surface area (Å²) in [6, 6.07) is 0. The molecule has 0 bridgehead atoms. The molecule has 0 aliphatic rings. The smallest absolute Gasteiger partial charge is 0.0741 e. The molecule has 0 aromatic heterocycles. The first kappa shape index (κ1) is 16.3. The average molecular weight is 255 g/mol. The fourth-order valence-electron chi connectivity index (χ4n) is 1.44. The number of halogens is 1. The van der Waals surface area contributed by atoms with E-state index in [0.717, 1.165) is 6.42 Å². The summed E-state index contributed by atoms with van der Waals surface area (Å²) in [4.78, 5) is 0. The molecule has 2 heteroatoms. The summed E-state index contributed by atoms with van der Waals surface area (Å²) in [7, 11) is 0. The van der Waals surface area contributed by atoms with Crippen molar-refractivity contribution in [1.29, 1.82) is 0 Å². The Morgan fingerprint density at radius 3 is 2.65 bits per heavy atom. The normalized spacial score (nSPS) is 15.2. The van der Waals surface area contributed by atoms with Crippen LogP contribution in [-0.2, 0) is 0 Å². The highest BCUT2D eigenvalue weighted by molar-refractivity contribution is 6.21. The summed E-state index contributed by atoms with van der Waals surface area (Å²) in [6.07, 6.45) is 18.2. The van der Waals surface area contributed by atoms with Crippen molar-refractivity contribution >= 4 is 11.6 Å². The van der Waals surface area contributed by atoms with Crippen molar-refractivity contribution in [2.75, 3.05) is 0 Å². The first-order valence-corrected chi connectivity index (χ1v) is 6.74. The van der Waals surface area contributed by atoms with E-state index in [2.05, 4.69) is 25.0 Å². The van der Waals surface area contributed by atoms with Crippen LogP contribution in [0.3, 0.4) is 0 Å². The average Bonchev–Trinajstić information content (AvgIpc) is 2.33. The van der Waals surface area contributed by atoms with E-state index in [9.17, 15) is 5.11 Å². The molecule has 0 amide bonds. The molecule has 17 heavy (non-hydrogen) atoms. The lowest BCUT2D eigenvalue weighted by Crippen LogP contribution is -2.19. The summed E-state index contributed by atoms with van der Waals surface area (Å²) >= 11 is 6.06. The highest BCUT2D eigenvalue weighted by Crippen LogP contribution is 2.13. The summed E-state index contributed by atoms with van der Waals surface area (Å²) in [5.74, 6) is 2.39. The Bertz CT molecular complexity index is 263. The van der Waals surface area contributed by atoms with Crippen LogP contribution in [0, 0.1) is 12.3 Å². The molecule has 0 spiro atoms. The molecular formula is C15H23ClO. The van der Waals surface area contributed by atoms with Gasteiger partial charge in [0.15, 0.2) is 0 Å². The van der Waals surface area contributed by atoms with Crippen LogP contribution < -0.4 is 0 Å². The van der Waals surface area contributed by atoms with Crippen molar-refractivity contribution in [2.24, 2.45) is 0 Å². The molecular weight excluding hydrogens is 232 g/mol. The van der Waals surface area contributed by atoms with E-state index < -0.39 is 6.10 Å². The zero-order valence-corrected chi connectivity index (χ0v) is 11.4. The van der Waals surface area contributed by atoms with Gasteiger partial charge in [0.25, 0.3) is 0 Å². The molecule has 0 rings (SSSR count). The van der Waals surface area contributed by atoms with Crippen LogP contribution in [0.15, 0.2) is 24.3 Å². The fraction of sp³-hybridized carbons (Fsp3) is 0.600. The molecule has 1 N–H and O–H groups in total. The number of terminal acetylenes is 1. The van der Waals surface area contributed by atoms with Gasteiger partial charge in [-0.1, -0.05) is 43.9 Å². The van der Waals surface area contributed by atoms with Crippen LogP contribution in [0.2, 0.25) is 0 Å². The Balaban J connectivity index is 3.66. The number of hydrogen-bond donors (Lipinski definition) is 1. The van der Waals surface area contributed by atoms with Crippen molar-refractivity contribution in [3.63, 3.8) is 0 Å². The minimum atomic E-state index is -0.526. The van der Waals surface area contributed by atoms with E-state index in [-0.39, 0.29) is 5.38 Å². The van der Waals surface area contributed by atoms with E-state index in [0.29, 0.717) is 12.8 Å². The zero-order chi connectivity index (χ0) is 12.9. The Morgan fingerprint density at radius 2 is 2.00 bits per heavy atom. The number of aliphatic hydroxyl groups is 1. The molecule has 0 radical (unpaired) electrons. The molecule has 96 valence electrons. The summed E-state index contributed by atoms with van der Waals surface area (Å²) in [5.41, 5.74) is 0. The van der Waals surface area contributed by atoms with Gasteiger partial charge in [-0.25, -0.2) is 0 Å². The van der Waals surface area contributed by atoms with E-state index in [1.807, 2.05) is 0 Å². The van der Waals surface area contributed by atoms with Crippen LogP contribution in [0.1, 0.15) is 45.4 Å². The quantitative estimate of drug-likeness (QED) is 0.285. The van der Waals surface area contributed by atoms with Gasteiger partial charge in [0.1, 0.15) is 0 Å². The predicted octanol–water partition coefficient (Wildman–Crippen LogP) is 4.06. The van der Waals surface area contributed by atoms with Gasteiger partial charge >= 0.3 is 0 Å². The maximum atomic E-state index is 9.70. The van der Waals surface area contributed by atoms with Crippen LogP contribution in [0.4, 0.5) is 0 Å². The second kappa shape index (κ2) is 11.8. The van der Waals surface area contributed by atoms with Gasteiger partial charge in [-0.15, -0.1) is 18.0 Å². The zero-order valence-electron chi connectivity index (χ0n) is 10.6. The standard InChI is InChI=1S/C15H23ClO/c1-3-5-7-8-9-11-12-14(16)15(17)13-10-6-4-2/h2,6,9-11,14-15,17H,3,5,7-8,12-13H2,1H3/b10-6+,11-9-/t14-,15-/m0/s1. The number of alkyl halides is 1. The van der Waals surface area contributed by atoms with Gasteiger partial charge in [0, 0.05) is 0 Å². The fourth-order valence-corrected chi connectivity index (χ4v) is 1.64. The lowest BCUT2D eigenvalue weighted by molar-refractivity contribution is 0.172. The Hall–Kier alpha value is -0.710. The van der Waals surface area contributed by atoms with Crippen molar-refractivity contribution in [3.05, 3.63) is 24.3 Å².